The fourth-order valence-corrected chi connectivity index (χ4v) is 1.82. The molecule has 16 heavy (non-hydrogen) atoms. The Hall–Kier alpha value is 0.501. The summed E-state index contributed by atoms with van der Waals surface area (Å²) in [7, 11) is 0. The first-order valence-corrected chi connectivity index (χ1v) is 6.11. The second-order valence-electron chi connectivity index (χ2n) is 4.15. The van der Waals surface area contributed by atoms with Crippen LogP contribution >= 0.6 is 0 Å². The monoisotopic (exact) mass is 296 g/mol. The van der Waals surface area contributed by atoms with Gasteiger partial charge < -0.3 is 7.96 Å². The molecule has 0 atom stereocenters. The Morgan fingerprint density at radius 2 is 1.62 bits per heavy atom. The molecule has 1 nitrogen and oxygen atoms in total. The van der Waals surface area contributed by atoms with Crippen molar-refractivity contribution in [2.24, 2.45) is 0 Å². The van der Waals surface area contributed by atoms with Crippen molar-refractivity contribution in [2.45, 2.75) is 51.9 Å². The van der Waals surface area contributed by atoms with Crippen LogP contribution < -0.4 is 0 Å². The first-order valence-electron chi connectivity index (χ1n) is 6.11. The number of para-hydroxylation sites is 1. The smallest absolute Gasteiger partial charge is 1.00 e. The third-order valence-corrected chi connectivity index (χ3v) is 2.79. The molecule has 88 valence electrons. The standard InChI is InChI=1S/C14H22O.Sr.2H/c1-2-3-4-5-6-7-10-13-11-8-9-12-14(13)15;;;/h8-9,11-12,15H,2-7,10H2,1H3;;;/q;+2;2*-1. The molecule has 0 aliphatic heterocycles. The molecule has 0 bridgehead atoms. The van der Waals surface area contributed by atoms with Gasteiger partial charge in [-0.3, -0.25) is 0 Å². The predicted octanol–water partition coefficient (Wildman–Crippen LogP) is 4.14. The van der Waals surface area contributed by atoms with Crippen LogP contribution in [0.5, 0.6) is 5.75 Å². The molecule has 0 aliphatic carbocycles. The van der Waals surface area contributed by atoms with Crippen molar-refractivity contribution in [3.05, 3.63) is 29.8 Å². The Balaban J connectivity index is -0.000000750. The summed E-state index contributed by atoms with van der Waals surface area (Å²) >= 11 is 0. The van der Waals surface area contributed by atoms with E-state index in [0.717, 1.165) is 12.0 Å². The fraction of sp³-hybridized carbons (Fsp3) is 0.571. The van der Waals surface area contributed by atoms with Crippen molar-refractivity contribution in [1.82, 2.24) is 0 Å². The molecule has 0 fully saturated rings. The van der Waals surface area contributed by atoms with Gasteiger partial charge in [-0.15, -0.1) is 0 Å². The molecule has 0 aliphatic rings. The van der Waals surface area contributed by atoms with Gasteiger partial charge in [0.15, 0.2) is 0 Å². The Kier molecular flexibility index (Phi) is 11.0. The topological polar surface area (TPSA) is 20.2 Å². The zero-order chi connectivity index (χ0) is 10.9. The van der Waals surface area contributed by atoms with Gasteiger partial charge in [-0.05, 0) is 24.5 Å². The first kappa shape index (κ1) is 16.5. The Labute approximate surface area is 140 Å². The fourth-order valence-electron chi connectivity index (χ4n) is 1.82. The van der Waals surface area contributed by atoms with Gasteiger partial charge in [0.05, 0.1) is 0 Å². The predicted molar refractivity (Wildman–Crippen MR) is 73.2 cm³/mol. The number of unbranched alkanes of at least 4 members (excludes halogenated alkanes) is 5. The van der Waals surface area contributed by atoms with Crippen LogP contribution in [0, 0.1) is 0 Å². The van der Waals surface area contributed by atoms with Gasteiger partial charge in [-0.25, -0.2) is 0 Å². The van der Waals surface area contributed by atoms with Crippen LogP contribution in [0.4, 0.5) is 0 Å². The maximum atomic E-state index is 9.55. The van der Waals surface area contributed by atoms with Crippen LogP contribution in [-0.4, -0.2) is 50.6 Å². The van der Waals surface area contributed by atoms with Crippen LogP contribution in [0.25, 0.3) is 0 Å². The van der Waals surface area contributed by atoms with Gasteiger partial charge in [0.25, 0.3) is 0 Å². The molecule has 1 N–H and O–H groups in total. The van der Waals surface area contributed by atoms with E-state index in [1.807, 2.05) is 18.2 Å². The Morgan fingerprint density at radius 1 is 1.00 bits per heavy atom. The number of aromatic hydroxyl groups is 1. The van der Waals surface area contributed by atoms with Gasteiger partial charge >= 0.3 is 45.5 Å². The van der Waals surface area contributed by atoms with Crippen molar-refractivity contribution in [1.29, 1.82) is 0 Å². The van der Waals surface area contributed by atoms with E-state index in [1.54, 1.807) is 6.07 Å². The van der Waals surface area contributed by atoms with E-state index in [-0.39, 0.29) is 48.3 Å². The third-order valence-electron chi connectivity index (χ3n) is 2.79. The summed E-state index contributed by atoms with van der Waals surface area (Å²) in [5.74, 6) is 0.450. The third kappa shape index (κ3) is 6.95. The van der Waals surface area contributed by atoms with E-state index in [9.17, 15) is 5.11 Å². The second-order valence-corrected chi connectivity index (χ2v) is 4.15. The van der Waals surface area contributed by atoms with Gasteiger partial charge in [0, 0.05) is 0 Å². The summed E-state index contributed by atoms with van der Waals surface area (Å²) in [4.78, 5) is 0. The molecule has 0 spiro atoms. The number of hydrogen-bond acceptors (Lipinski definition) is 1. The van der Waals surface area contributed by atoms with Crippen LogP contribution in [-0.2, 0) is 6.42 Å². The number of phenolic OH excluding ortho intramolecular Hbond substituents is 1. The summed E-state index contributed by atoms with van der Waals surface area (Å²) < 4.78 is 0. The van der Waals surface area contributed by atoms with E-state index >= 15 is 0 Å². The number of benzene rings is 1. The molecule has 1 rings (SSSR count). The molecule has 2 heteroatoms. The number of phenols is 1. The molecule has 1 aromatic carbocycles. The summed E-state index contributed by atoms with van der Waals surface area (Å²) in [6, 6.07) is 7.65. The molecule has 1 aromatic rings. The van der Waals surface area contributed by atoms with Crippen molar-refractivity contribution in [3.8, 4) is 5.75 Å². The van der Waals surface area contributed by atoms with Gasteiger partial charge in [-0.1, -0.05) is 57.2 Å². The molecule has 0 saturated heterocycles. The van der Waals surface area contributed by atoms with E-state index in [1.165, 1.54) is 38.5 Å². The largest absolute Gasteiger partial charge is 2.00 e. The summed E-state index contributed by atoms with van der Waals surface area (Å²) in [6.45, 7) is 2.24. The maximum absolute atomic E-state index is 9.55. The number of aryl methyl sites for hydroxylation is 1. The first-order chi connectivity index (χ1) is 7.34. The normalized spacial score (nSPS) is 9.81. The molecule has 0 unspecified atom stereocenters. The van der Waals surface area contributed by atoms with Crippen LogP contribution in [0.1, 0.15) is 53.9 Å². The Bertz CT molecular complexity index is 282. The van der Waals surface area contributed by atoms with E-state index < -0.39 is 0 Å². The van der Waals surface area contributed by atoms with E-state index in [2.05, 4.69) is 6.92 Å². The minimum atomic E-state index is 0. The van der Waals surface area contributed by atoms with Gasteiger partial charge in [0.1, 0.15) is 5.75 Å². The summed E-state index contributed by atoms with van der Waals surface area (Å²) in [6.07, 6.45) is 8.85. The minimum absolute atomic E-state index is 0. The summed E-state index contributed by atoms with van der Waals surface area (Å²) in [5.41, 5.74) is 1.09. The zero-order valence-corrected chi connectivity index (χ0v) is 13.9. The molecule has 0 heterocycles. The zero-order valence-electron chi connectivity index (χ0n) is 12.4. The molecule has 0 saturated carbocycles. The molecule has 0 amide bonds. The molecule has 0 radical (unpaired) electrons. The van der Waals surface area contributed by atoms with Crippen LogP contribution in [0.3, 0.4) is 0 Å². The van der Waals surface area contributed by atoms with Crippen LogP contribution in [0.2, 0.25) is 0 Å². The number of hydrogen-bond donors (Lipinski definition) is 1. The SMILES string of the molecule is CCCCCCCCc1ccccc1O.[H-].[H-].[Sr+2]. The Morgan fingerprint density at radius 3 is 2.31 bits per heavy atom. The molecule has 0 aromatic heterocycles. The van der Waals surface area contributed by atoms with Crippen molar-refractivity contribution < 1.29 is 7.96 Å². The van der Waals surface area contributed by atoms with Crippen molar-refractivity contribution >= 4 is 45.5 Å². The van der Waals surface area contributed by atoms with E-state index in [0.29, 0.717) is 5.75 Å². The minimum Gasteiger partial charge on any atom is -1.00 e. The van der Waals surface area contributed by atoms with Crippen molar-refractivity contribution in [2.75, 3.05) is 0 Å². The molecular weight excluding hydrogens is 272 g/mol. The quantitative estimate of drug-likeness (QED) is 0.592. The van der Waals surface area contributed by atoms with Crippen LogP contribution in [0.15, 0.2) is 24.3 Å². The van der Waals surface area contributed by atoms with Gasteiger partial charge in [-0.2, -0.15) is 0 Å². The average Bonchev–Trinajstić information content (AvgIpc) is 2.25. The number of rotatable bonds is 7. The molecular formula is C14H24OSr. The second kappa shape index (κ2) is 10.6. The average molecular weight is 296 g/mol. The maximum Gasteiger partial charge on any atom is 2.00 e. The van der Waals surface area contributed by atoms with Gasteiger partial charge in [0.2, 0.25) is 0 Å². The summed E-state index contributed by atoms with van der Waals surface area (Å²) in [5, 5.41) is 9.55. The van der Waals surface area contributed by atoms with Crippen molar-refractivity contribution in [3.63, 3.8) is 0 Å². The van der Waals surface area contributed by atoms with E-state index in [4.69, 9.17) is 0 Å².